The number of aromatic nitrogens is 3. The minimum Gasteiger partial charge on any atom is -0.445 e. The molecule has 0 atom stereocenters. The molecule has 5 rings (SSSR count). The fraction of sp³-hybridized carbons (Fsp3) is 0. The van der Waals surface area contributed by atoms with Crippen molar-refractivity contribution in [3.8, 4) is 22.4 Å². The van der Waals surface area contributed by atoms with Gasteiger partial charge in [-0.05, 0) is 36.4 Å². The number of hydrogen-bond donors (Lipinski definition) is 1. The van der Waals surface area contributed by atoms with Gasteiger partial charge in [0, 0.05) is 40.7 Å². The van der Waals surface area contributed by atoms with Gasteiger partial charge in [0.15, 0.2) is 5.15 Å². The van der Waals surface area contributed by atoms with Gasteiger partial charge >= 0.3 is 0 Å². The molecule has 0 fully saturated rings. The van der Waals surface area contributed by atoms with E-state index < -0.39 is 10.0 Å². The molecule has 7 nitrogen and oxygen atoms in total. The van der Waals surface area contributed by atoms with Crippen LogP contribution in [0, 0.1) is 0 Å². The highest BCUT2D eigenvalue weighted by Crippen LogP contribution is 2.34. The zero-order valence-corrected chi connectivity index (χ0v) is 18.0. The summed E-state index contributed by atoms with van der Waals surface area (Å²) < 4.78 is 33.6. The summed E-state index contributed by atoms with van der Waals surface area (Å²) in [5.74, 6) is 0. The second kappa shape index (κ2) is 8.07. The maximum absolute atomic E-state index is 12.7. The largest absolute Gasteiger partial charge is 0.445 e. The van der Waals surface area contributed by atoms with Crippen LogP contribution in [0.3, 0.4) is 0 Å². The van der Waals surface area contributed by atoms with Gasteiger partial charge in [0.1, 0.15) is 6.26 Å². The lowest BCUT2D eigenvalue weighted by Crippen LogP contribution is -2.13. The predicted octanol–water partition coefficient (Wildman–Crippen LogP) is 5.41. The first-order valence-electron chi connectivity index (χ1n) is 9.54. The van der Waals surface area contributed by atoms with Gasteiger partial charge in [0.25, 0.3) is 10.0 Å². The minimum atomic E-state index is -3.83. The van der Waals surface area contributed by atoms with Gasteiger partial charge in [-0.25, -0.2) is 18.4 Å². The van der Waals surface area contributed by atoms with Crippen LogP contribution < -0.4 is 4.72 Å². The Balaban J connectivity index is 1.56. The van der Waals surface area contributed by atoms with E-state index in [1.807, 2.05) is 24.3 Å². The minimum absolute atomic E-state index is 0.0355. The monoisotopic (exact) mass is 462 g/mol. The molecular formula is C23H15ClN4O3S. The number of benzene rings is 1. The Labute approximate surface area is 188 Å². The number of pyridine rings is 3. The second-order valence-corrected chi connectivity index (χ2v) is 8.96. The molecule has 4 aromatic heterocycles. The van der Waals surface area contributed by atoms with E-state index in [0.717, 1.165) is 16.6 Å². The van der Waals surface area contributed by atoms with Crippen LogP contribution in [0.25, 0.3) is 33.5 Å². The molecular weight excluding hydrogens is 448 g/mol. The lowest BCUT2D eigenvalue weighted by Gasteiger charge is -2.10. The third-order valence-corrected chi connectivity index (χ3v) is 6.52. The van der Waals surface area contributed by atoms with Gasteiger partial charge in [-0.3, -0.25) is 9.71 Å². The van der Waals surface area contributed by atoms with E-state index in [-0.39, 0.29) is 15.7 Å². The van der Waals surface area contributed by atoms with Gasteiger partial charge < -0.3 is 4.42 Å². The van der Waals surface area contributed by atoms with Crippen LogP contribution in [0.5, 0.6) is 0 Å². The standard InChI is InChI=1S/C23H15ClN4O3S/c24-22-21(28-32(29,30)17-6-2-1-3-7-17)11-15(12-26-22)19-14-31-23-18(19)10-16(13-27-23)20-8-4-5-9-25-20/h1-14,28H. The van der Waals surface area contributed by atoms with E-state index >= 15 is 0 Å². The van der Waals surface area contributed by atoms with Crippen LogP contribution in [0.2, 0.25) is 5.15 Å². The molecule has 0 bridgehead atoms. The van der Waals surface area contributed by atoms with Crippen LogP contribution >= 0.6 is 11.6 Å². The number of hydrogen-bond acceptors (Lipinski definition) is 6. The number of sulfonamides is 1. The quantitative estimate of drug-likeness (QED) is 0.351. The molecule has 0 unspecified atom stereocenters. The Kier molecular flexibility index (Phi) is 5.08. The summed E-state index contributed by atoms with van der Waals surface area (Å²) in [4.78, 5) is 13.0. The first-order valence-corrected chi connectivity index (χ1v) is 11.4. The second-order valence-electron chi connectivity index (χ2n) is 6.92. The van der Waals surface area contributed by atoms with Crippen molar-refractivity contribution in [3.05, 3.63) is 90.7 Å². The maximum atomic E-state index is 12.7. The normalized spacial score (nSPS) is 11.5. The molecule has 0 spiro atoms. The lowest BCUT2D eigenvalue weighted by atomic mass is 10.1. The SMILES string of the molecule is O=S(=O)(Nc1cc(-c2coc3ncc(-c4ccccn4)cc23)cnc1Cl)c1ccccc1. The number of anilines is 1. The molecule has 158 valence electrons. The van der Waals surface area contributed by atoms with Crippen molar-refractivity contribution in [2.75, 3.05) is 4.72 Å². The van der Waals surface area contributed by atoms with Crippen LogP contribution in [-0.4, -0.2) is 23.4 Å². The first kappa shape index (κ1) is 20.2. The van der Waals surface area contributed by atoms with Gasteiger partial charge in [0.05, 0.1) is 16.3 Å². The zero-order chi connectivity index (χ0) is 22.1. The highest BCUT2D eigenvalue weighted by molar-refractivity contribution is 7.92. The number of rotatable bonds is 5. The molecule has 0 amide bonds. The Morgan fingerprint density at radius 2 is 1.66 bits per heavy atom. The first-order chi connectivity index (χ1) is 15.5. The van der Waals surface area contributed by atoms with Crippen LogP contribution in [0.15, 0.2) is 94.8 Å². The van der Waals surface area contributed by atoms with E-state index in [9.17, 15) is 8.42 Å². The lowest BCUT2D eigenvalue weighted by molar-refractivity contribution is 0.601. The molecule has 0 aliphatic heterocycles. The Bertz CT molecular complexity index is 1520. The van der Waals surface area contributed by atoms with Gasteiger partial charge in [-0.15, -0.1) is 0 Å². The van der Waals surface area contributed by atoms with E-state index in [4.69, 9.17) is 16.0 Å². The molecule has 0 radical (unpaired) electrons. The average Bonchev–Trinajstić information content (AvgIpc) is 3.25. The van der Waals surface area contributed by atoms with E-state index in [1.165, 1.54) is 12.1 Å². The molecule has 0 saturated carbocycles. The summed E-state index contributed by atoms with van der Waals surface area (Å²) in [6.45, 7) is 0. The zero-order valence-electron chi connectivity index (χ0n) is 16.4. The molecule has 0 saturated heterocycles. The topological polar surface area (TPSA) is 98.0 Å². The van der Waals surface area contributed by atoms with Crippen molar-refractivity contribution in [2.24, 2.45) is 0 Å². The number of nitrogens with zero attached hydrogens (tertiary/aromatic N) is 3. The fourth-order valence-electron chi connectivity index (χ4n) is 3.28. The number of furan rings is 1. The van der Waals surface area contributed by atoms with E-state index in [2.05, 4.69) is 19.7 Å². The van der Waals surface area contributed by atoms with Crippen LogP contribution in [0.4, 0.5) is 5.69 Å². The predicted molar refractivity (Wildman–Crippen MR) is 123 cm³/mol. The number of halogens is 1. The molecule has 4 heterocycles. The van der Waals surface area contributed by atoms with Crippen LogP contribution in [0.1, 0.15) is 0 Å². The maximum Gasteiger partial charge on any atom is 0.261 e. The van der Waals surface area contributed by atoms with Gasteiger partial charge in [-0.2, -0.15) is 0 Å². The summed E-state index contributed by atoms with van der Waals surface area (Å²) in [5.41, 5.74) is 3.54. The fourth-order valence-corrected chi connectivity index (χ4v) is 4.57. The van der Waals surface area contributed by atoms with E-state index in [1.54, 1.807) is 49.1 Å². The summed E-state index contributed by atoms with van der Waals surface area (Å²) in [5, 5.41) is 0.780. The molecule has 9 heteroatoms. The Morgan fingerprint density at radius 3 is 2.44 bits per heavy atom. The summed E-state index contributed by atoms with van der Waals surface area (Å²) >= 11 is 6.19. The third-order valence-electron chi connectivity index (χ3n) is 4.84. The van der Waals surface area contributed by atoms with Crippen molar-refractivity contribution in [1.82, 2.24) is 15.0 Å². The summed E-state index contributed by atoms with van der Waals surface area (Å²) in [6, 6.07) is 17.2. The summed E-state index contributed by atoms with van der Waals surface area (Å²) in [7, 11) is -3.83. The van der Waals surface area contributed by atoms with Crippen molar-refractivity contribution >= 4 is 38.4 Å². The highest BCUT2D eigenvalue weighted by atomic mass is 35.5. The van der Waals surface area contributed by atoms with Crippen molar-refractivity contribution in [2.45, 2.75) is 4.90 Å². The smallest absolute Gasteiger partial charge is 0.261 e. The molecule has 1 N–H and O–H groups in total. The highest BCUT2D eigenvalue weighted by Gasteiger charge is 2.18. The van der Waals surface area contributed by atoms with Crippen molar-refractivity contribution < 1.29 is 12.8 Å². The number of fused-ring (bicyclic) bond motifs is 1. The molecule has 32 heavy (non-hydrogen) atoms. The van der Waals surface area contributed by atoms with E-state index in [0.29, 0.717) is 16.8 Å². The molecule has 5 aromatic rings. The Morgan fingerprint density at radius 1 is 0.875 bits per heavy atom. The van der Waals surface area contributed by atoms with Crippen LogP contribution in [-0.2, 0) is 10.0 Å². The molecule has 1 aromatic carbocycles. The van der Waals surface area contributed by atoms with Gasteiger partial charge in [-0.1, -0.05) is 35.9 Å². The molecule has 0 aliphatic rings. The third kappa shape index (κ3) is 3.81. The Hall–Kier alpha value is -3.75. The summed E-state index contributed by atoms with van der Waals surface area (Å²) in [6.07, 6.45) is 6.52. The molecule has 0 aliphatic carbocycles. The average molecular weight is 463 g/mol. The number of nitrogens with one attached hydrogen (secondary N) is 1. The van der Waals surface area contributed by atoms with Gasteiger partial charge in [0.2, 0.25) is 5.71 Å². The van der Waals surface area contributed by atoms with Crippen molar-refractivity contribution in [1.29, 1.82) is 0 Å². The van der Waals surface area contributed by atoms with Crippen molar-refractivity contribution in [3.63, 3.8) is 0 Å².